The lowest BCUT2D eigenvalue weighted by Crippen LogP contribution is -2.16. The van der Waals surface area contributed by atoms with Crippen LogP contribution in [-0.4, -0.2) is 55.1 Å². The molecule has 12 heteroatoms. The molecule has 0 aromatic carbocycles. The van der Waals surface area contributed by atoms with Crippen LogP contribution < -0.4 is 10.6 Å². The van der Waals surface area contributed by atoms with Crippen LogP contribution >= 0.6 is 45.2 Å². The molecular weight excluding hydrogens is 546 g/mol. The van der Waals surface area contributed by atoms with E-state index in [0.717, 1.165) is 16.5 Å². The maximum absolute atomic E-state index is 11.0. The Labute approximate surface area is 163 Å². The molecule has 0 saturated heterocycles. The van der Waals surface area contributed by atoms with Gasteiger partial charge in [-0.3, -0.25) is 0 Å². The molecule has 0 fully saturated rings. The minimum atomic E-state index is -1.14. The average molecular weight is 560 g/mol. The van der Waals surface area contributed by atoms with Crippen molar-refractivity contribution in [3.8, 4) is 0 Å². The number of hydrogen-bond acceptors (Lipinski definition) is 6. The molecule has 0 amide bonds. The van der Waals surface area contributed by atoms with Crippen molar-refractivity contribution in [2.75, 3.05) is 23.7 Å². The Kier molecular flexibility index (Phi) is 5.89. The number of carboxylic acid groups (broad SMARTS) is 2. The van der Waals surface area contributed by atoms with E-state index in [9.17, 15) is 9.59 Å². The fourth-order valence-electron chi connectivity index (χ4n) is 1.93. The largest absolute Gasteiger partial charge is 0.463 e. The highest BCUT2D eigenvalue weighted by Crippen LogP contribution is 2.22. The predicted molar refractivity (Wildman–Crippen MR) is 103 cm³/mol. The lowest BCUT2D eigenvalue weighted by Gasteiger charge is -2.05. The van der Waals surface area contributed by atoms with Crippen LogP contribution in [0.25, 0.3) is 0 Å². The smallest absolute Gasteiger partial charge is 0.432 e. The van der Waals surface area contributed by atoms with E-state index in [1.807, 2.05) is 45.2 Å². The predicted octanol–water partition coefficient (Wildman–Crippen LogP) is 2.48. The van der Waals surface area contributed by atoms with Gasteiger partial charge in [0.25, 0.3) is 0 Å². The number of carbonyl (C=O) groups is 2. The van der Waals surface area contributed by atoms with Crippen molar-refractivity contribution in [2.45, 2.75) is 13.8 Å². The molecule has 2 aromatic heterocycles. The number of aromatic nitrogens is 4. The first-order chi connectivity index (χ1) is 11.2. The molecule has 0 spiro atoms. The summed E-state index contributed by atoms with van der Waals surface area (Å²) in [5.74, 6) is 0.971. The number of halogens is 2. The summed E-state index contributed by atoms with van der Waals surface area (Å²) in [6, 6.07) is 0. The first-order valence-corrected chi connectivity index (χ1v) is 8.84. The van der Waals surface area contributed by atoms with Gasteiger partial charge in [-0.1, -0.05) is 0 Å². The van der Waals surface area contributed by atoms with Gasteiger partial charge in [-0.25, -0.2) is 9.59 Å². The summed E-state index contributed by atoms with van der Waals surface area (Å²) in [5, 5.41) is 32.1. The molecule has 2 rings (SSSR count). The van der Waals surface area contributed by atoms with Gasteiger partial charge in [-0.15, -0.1) is 10.2 Å². The molecule has 2 aromatic rings. The van der Waals surface area contributed by atoms with Gasteiger partial charge in [-0.05, 0) is 59.0 Å². The maximum Gasteiger partial charge on any atom is 0.432 e. The molecule has 24 heavy (non-hydrogen) atoms. The van der Waals surface area contributed by atoms with Crippen molar-refractivity contribution in [3.63, 3.8) is 0 Å². The molecule has 0 radical (unpaired) electrons. The quantitative estimate of drug-likeness (QED) is 0.324. The molecule has 0 aliphatic rings. The van der Waals surface area contributed by atoms with Gasteiger partial charge in [0.05, 0.1) is 18.5 Å². The molecular formula is C12H14I2N6O4. The summed E-state index contributed by atoms with van der Waals surface area (Å²) in [4.78, 5) is 22.1. The zero-order chi connectivity index (χ0) is 18.0. The molecule has 0 aliphatic carbocycles. The molecule has 2 heterocycles. The zero-order valence-corrected chi connectivity index (χ0v) is 17.0. The second kappa shape index (κ2) is 7.54. The number of nitrogens with zero attached hydrogens (tertiary/aromatic N) is 4. The number of anilines is 2. The van der Waals surface area contributed by atoms with Gasteiger partial charge in [-0.2, -0.15) is 9.36 Å². The number of hydrogen-bond donors (Lipinski definition) is 4. The average Bonchev–Trinajstić information content (AvgIpc) is 2.96. The van der Waals surface area contributed by atoms with Crippen molar-refractivity contribution in [2.24, 2.45) is 0 Å². The van der Waals surface area contributed by atoms with Crippen LogP contribution in [0.4, 0.5) is 21.2 Å². The Balaban J connectivity index is 1.97. The molecule has 0 saturated carbocycles. The van der Waals surface area contributed by atoms with E-state index in [1.54, 1.807) is 13.8 Å². The second-order valence-electron chi connectivity index (χ2n) is 4.74. The van der Waals surface area contributed by atoms with E-state index >= 15 is 0 Å². The van der Waals surface area contributed by atoms with Crippen LogP contribution in [0.1, 0.15) is 11.4 Å². The fourth-order valence-corrected chi connectivity index (χ4v) is 2.98. The monoisotopic (exact) mass is 560 g/mol. The zero-order valence-electron chi connectivity index (χ0n) is 12.7. The standard InChI is InChI=1S/C12H14I2N6O4/c1-5-7(13)9(17-19(5)11(21)22)15-3-4-16-10-8(14)6(2)20(18-10)12(23)24/h3-4H2,1-2H3,(H,15,17)(H,16,18)(H,21,22)(H,23,24). The van der Waals surface area contributed by atoms with Crippen LogP contribution in [0.2, 0.25) is 0 Å². The number of nitrogens with one attached hydrogen (secondary N) is 2. The van der Waals surface area contributed by atoms with E-state index in [-0.39, 0.29) is 0 Å². The van der Waals surface area contributed by atoms with Gasteiger partial charge >= 0.3 is 12.2 Å². The van der Waals surface area contributed by atoms with Crippen molar-refractivity contribution < 1.29 is 19.8 Å². The van der Waals surface area contributed by atoms with Crippen molar-refractivity contribution in [1.82, 2.24) is 19.6 Å². The summed E-state index contributed by atoms with van der Waals surface area (Å²) in [7, 11) is 0. The van der Waals surface area contributed by atoms with Gasteiger partial charge in [0.1, 0.15) is 0 Å². The fraction of sp³-hybridized carbons (Fsp3) is 0.333. The maximum atomic E-state index is 11.0. The second-order valence-corrected chi connectivity index (χ2v) is 6.90. The van der Waals surface area contributed by atoms with Crippen molar-refractivity contribution >= 4 is 69.0 Å². The summed E-state index contributed by atoms with van der Waals surface area (Å²) < 4.78 is 3.29. The minimum Gasteiger partial charge on any atom is -0.463 e. The van der Waals surface area contributed by atoms with Gasteiger partial charge in [0.15, 0.2) is 11.6 Å². The molecule has 130 valence electrons. The summed E-state index contributed by atoms with van der Waals surface area (Å²) in [6.45, 7) is 4.27. The molecule has 0 bridgehead atoms. The van der Waals surface area contributed by atoms with Gasteiger partial charge in [0, 0.05) is 13.1 Å². The van der Waals surface area contributed by atoms with Gasteiger partial charge < -0.3 is 20.8 Å². The Morgan fingerprint density at radius 1 is 0.917 bits per heavy atom. The highest BCUT2D eigenvalue weighted by Gasteiger charge is 2.17. The Morgan fingerprint density at radius 2 is 1.25 bits per heavy atom. The highest BCUT2D eigenvalue weighted by molar-refractivity contribution is 14.1. The SMILES string of the molecule is Cc1c(I)c(NCCNc2nn(C(=O)O)c(C)c2I)nn1C(=O)O. The number of rotatable bonds is 5. The van der Waals surface area contributed by atoms with Crippen LogP contribution in [0.5, 0.6) is 0 Å². The van der Waals surface area contributed by atoms with E-state index < -0.39 is 12.2 Å². The van der Waals surface area contributed by atoms with Crippen LogP contribution in [0.15, 0.2) is 0 Å². The van der Waals surface area contributed by atoms with Crippen LogP contribution in [0, 0.1) is 21.0 Å². The molecule has 10 nitrogen and oxygen atoms in total. The van der Waals surface area contributed by atoms with E-state index in [0.29, 0.717) is 36.1 Å². The highest BCUT2D eigenvalue weighted by atomic mass is 127. The molecule has 0 aliphatic heterocycles. The van der Waals surface area contributed by atoms with E-state index in [1.165, 1.54) is 0 Å². The molecule has 0 atom stereocenters. The normalized spacial score (nSPS) is 10.7. The summed E-state index contributed by atoms with van der Waals surface area (Å²) in [6.07, 6.45) is -2.28. The Bertz CT molecular complexity index is 734. The van der Waals surface area contributed by atoms with Crippen molar-refractivity contribution in [1.29, 1.82) is 0 Å². The van der Waals surface area contributed by atoms with Crippen LogP contribution in [0.3, 0.4) is 0 Å². The Hall–Kier alpha value is -1.58. The minimum absolute atomic E-state index is 0.459. The third kappa shape index (κ3) is 3.73. The van der Waals surface area contributed by atoms with E-state index in [2.05, 4.69) is 20.8 Å². The van der Waals surface area contributed by atoms with Gasteiger partial charge in [0.2, 0.25) is 0 Å². The molecule has 0 unspecified atom stereocenters. The molecule has 4 N–H and O–H groups in total. The first-order valence-electron chi connectivity index (χ1n) is 6.68. The topological polar surface area (TPSA) is 134 Å². The van der Waals surface area contributed by atoms with E-state index in [4.69, 9.17) is 10.2 Å². The Morgan fingerprint density at radius 3 is 1.50 bits per heavy atom. The lowest BCUT2D eigenvalue weighted by molar-refractivity contribution is 0.191. The van der Waals surface area contributed by atoms with Crippen molar-refractivity contribution in [3.05, 3.63) is 18.5 Å². The lowest BCUT2D eigenvalue weighted by atomic mass is 10.4. The third-order valence-corrected chi connectivity index (χ3v) is 5.74. The first kappa shape index (κ1) is 18.8. The third-order valence-electron chi connectivity index (χ3n) is 3.16. The van der Waals surface area contributed by atoms with Crippen LogP contribution in [-0.2, 0) is 0 Å². The summed E-state index contributed by atoms with van der Waals surface area (Å²) >= 11 is 4.06. The summed E-state index contributed by atoms with van der Waals surface area (Å²) in [5.41, 5.74) is 1.09.